The van der Waals surface area contributed by atoms with Crippen LogP contribution < -0.4 is 71.2 Å². The Bertz CT molecular complexity index is 1230. The average molecular weight is 653 g/mol. The fourth-order valence-electron chi connectivity index (χ4n) is 4.28. The van der Waals surface area contributed by atoms with Gasteiger partial charge in [-0.25, -0.2) is 4.79 Å². The van der Waals surface area contributed by atoms with Gasteiger partial charge in [-0.1, -0.05) is 0 Å². The zero-order chi connectivity index (χ0) is 34.4. The van der Waals surface area contributed by atoms with Crippen LogP contribution in [0.2, 0.25) is 0 Å². The van der Waals surface area contributed by atoms with Crippen molar-refractivity contribution in [2.75, 3.05) is 26.2 Å². The van der Waals surface area contributed by atoms with E-state index in [1.165, 1.54) is 6.92 Å². The zero-order valence-corrected chi connectivity index (χ0v) is 25.4. The Kier molecular flexibility index (Phi) is 14.6. The molecule has 0 aromatic carbocycles. The number of amides is 8. The minimum absolute atomic E-state index is 0.0101. The Morgan fingerprint density at radius 1 is 1.04 bits per heavy atom. The van der Waals surface area contributed by atoms with Gasteiger partial charge in [0.15, 0.2) is 5.96 Å². The van der Waals surface area contributed by atoms with Crippen LogP contribution in [0.4, 0.5) is 4.79 Å². The van der Waals surface area contributed by atoms with Crippen molar-refractivity contribution in [2.45, 2.75) is 68.9 Å². The van der Waals surface area contributed by atoms with Crippen LogP contribution >= 0.6 is 0 Å². The molecule has 2 rings (SSSR count). The maximum absolute atomic E-state index is 13.4. The number of urea groups is 1. The highest BCUT2D eigenvalue weighted by atomic mass is 16.2. The fourth-order valence-corrected chi connectivity index (χ4v) is 4.28. The summed E-state index contributed by atoms with van der Waals surface area (Å²) < 4.78 is 0. The lowest BCUT2D eigenvalue weighted by molar-refractivity contribution is -0.133. The highest BCUT2D eigenvalue weighted by molar-refractivity contribution is 6.02. The van der Waals surface area contributed by atoms with Crippen LogP contribution in [-0.2, 0) is 28.8 Å². The number of rotatable bonds is 9. The van der Waals surface area contributed by atoms with Gasteiger partial charge in [-0.15, -0.1) is 0 Å². The number of carbonyl (C=O) groups is 7. The molecule has 0 radical (unpaired) electrons. The van der Waals surface area contributed by atoms with Crippen LogP contribution in [0.25, 0.3) is 0 Å². The number of nitrogens with zero attached hydrogens (tertiary/aromatic N) is 1. The van der Waals surface area contributed by atoms with E-state index in [1.54, 1.807) is 0 Å². The number of nitrogens with one attached hydrogen (secondary N) is 8. The highest BCUT2D eigenvalue weighted by Crippen LogP contribution is 2.07. The minimum Gasteiger partial charge on any atom is -0.370 e. The molecule has 2 aliphatic rings. The number of hydrogen-bond acceptors (Lipinski definition) is 13. The summed E-state index contributed by atoms with van der Waals surface area (Å²) in [6.07, 6.45) is 2.01. The Hall–Kier alpha value is -5.02. The first-order valence-corrected chi connectivity index (χ1v) is 14.5. The van der Waals surface area contributed by atoms with E-state index in [4.69, 9.17) is 28.7 Å². The lowest BCUT2D eigenvalue weighted by Crippen LogP contribution is -2.63. The van der Waals surface area contributed by atoms with Crippen molar-refractivity contribution in [1.29, 1.82) is 0 Å². The highest BCUT2D eigenvalue weighted by Gasteiger charge is 2.34. The van der Waals surface area contributed by atoms with E-state index in [1.807, 2.05) is 0 Å². The molecule has 0 aromatic rings. The first kappa shape index (κ1) is 37.2. The molecule has 8 amide bonds. The molecule has 21 heteroatoms. The van der Waals surface area contributed by atoms with Crippen LogP contribution in [0.1, 0.15) is 32.6 Å². The predicted octanol–water partition coefficient (Wildman–Crippen LogP) is -7.21. The summed E-state index contributed by atoms with van der Waals surface area (Å²) in [5, 5.41) is 19.4. The Morgan fingerprint density at radius 2 is 1.76 bits per heavy atom. The Morgan fingerprint density at radius 3 is 2.41 bits per heavy atom. The van der Waals surface area contributed by atoms with Crippen molar-refractivity contribution in [3.8, 4) is 0 Å². The molecule has 1 fully saturated rings. The van der Waals surface area contributed by atoms with Gasteiger partial charge in [0.2, 0.25) is 29.5 Å². The first-order chi connectivity index (χ1) is 21.7. The van der Waals surface area contributed by atoms with Crippen molar-refractivity contribution in [2.24, 2.45) is 33.7 Å². The third kappa shape index (κ3) is 12.2. The molecular weight excluding hydrogens is 608 g/mol. The average Bonchev–Trinajstić information content (AvgIpc) is 3.00. The molecule has 0 aliphatic carbocycles. The number of nitrogens with two attached hydrogens (primary N) is 5. The van der Waals surface area contributed by atoms with Gasteiger partial charge in [0.1, 0.15) is 29.9 Å². The van der Waals surface area contributed by atoms with Gasteiger partial charge >= 0.3 is 6.03 Å². The smallest absolute Gasteiger partial charge is 0.316 e. The number of hydrogen-bond donors (Lipinski definition) is 13. The van der Waals surface area contributed by atoms with Gasteiger partial charge in [0.25, 0.3) is 5.91 Å². The van der Waals surface area contributed by atoms with E-state index in [9.17, 15) is 33.6 Å². The standard InChI is InChI=1S/C25H44N14O7/c1-11-19(41)36-15(9-32-17(40)7-12(27)3-2-5-26)21(43)37-16(10-34-25(30)46)22(44)39-18(14-4-6-31-24(29)38-14)23(45)33-8-13(28)20(42)35-11/h10-15,18H,2-9,26-28H2,1H3,(H,32,40)(H,33,45)(H,35,42)(H,36,41)(H,37,43)(H,39,44)(H3,29,31,38)(H3,30,34,46)/b16-10-/t11-,12?,13-,14?,15-,18-/m0/s1. The maximum atomic E-state index is 13.4. The van der Waals surface area contributed by atoms with E-state index in [2.05, 4.69) is 47.5 Å². The molecule has 0 spiro atoms. The van der Waals surface area contributed by atoms with Crippen molar-refractivity contribution in [3.63, 3.8) is 0 Å². The lowest BCUT2D eigenvalue weighted by Gasteiger charge is -2.31. The van der Waals surface area contributed by atoms with E-state index in [0.717, 1.165) is 6.20 Å². The van der Waals surface area contributed by atoms with Crippen LogP contribution in [-0.4, -0.2) is 110 Å². The molecule has 21 nitrogen and oxygen atoms in total. The molecule has 0 aromatic heterocycles. The van der Waals surface area contributed by atoms with Gasteiger partial charge in [-0.3, -0.25) is 33.8 Å². The lowest BCUT2D eigenvalue weighted by atomic mass is 10.0. The fraction of sp³-hybridized carbons (Fsp3) is 0.600. The summed E-state index contributed by atoms with van der Waals surface area (Å²) in [5.74, 6) is -5.04. The minimum atomic E-state index is -1.52. The van der Waals surface area contributed by atoms with Gasteiger partial charge in [-0.05, 0) is 32.7 Å². The van der Waals surface area contributed by atoms with Crippen molar-refractivity contribution in [3.05, 3.63) is 11.9 Å². The predicted molar refractivity (Wildman–Crippen MR) is 163 cm³/mol. The molecule has 46 heavy (non-hydrogen) atoms. The van der Waals surface area contributed by atoms with Crippen LogP contribution in [0.5, 0.6) is 0 Å². The third-order valence-electron chi connectivity index (χ3n) is 6.84. The van der Waals surface area contributed by atoms with E-state index >= 15 is 0 Å². The summed E-state index contributed by atoms with van der Waals surface area (Å²) in [7, 11) is 0. The van der Waals surface area contributed by atoms with E-state index < -0.39 is 90.0 Å². The molecule has 6 atom stereocenters. The molecule has 1 saturated heterocycles. The van der Waals surface area contributed by atoms with E-state index in [-0.39, 0.29) is 31.9 Å². The molecule has 256 valence electrons. The van der Waals surface area contributed by atoms with Gasteiger partial charge < -0.3 is 71.2 Å². The first-order valence-electron chi connectivity index (χ1n) is 14.5. The third-order valence-corrected chi connectivity index (χ3v) is 6.84. The number of aliphatic imine (C=N–C) groups is 1. The number of carbonyl (C=O) groups excluding carboxylic acids is 7. The molecule has 2 heterocycles. The summed E-state index contributed by atoms with van der Waals surface area (Å²) >= 11 is 0. The van der Waals surface area contributed by atoms with Crippen LogP contribution in [0, 0.1) is 0 Å². The molecule has 2 aliphatic heterocycles. The molecular formula is C25H44N14O7. The Labute approximate surface area is 264 Å². The SMILES string of the molecule is C[C@@H]1NC(=O)[C@@H](N)CNC(=O)[C@H](C2CCN=C(N)N2)NC(=O)/C(=C/NC(N)=O)NC(=O)[C@H](CNC(=O)CC(N)CCCN)NC1=O. The summed E-state index contributed by atoms with van der Waals surface area (Å²) in [6, 6.07) is -7.79. The number of primary amides is 1. The summed E-state index contributed by atoms with van der Waals surface area (Å²) in [6.45, 7) is 1.08. The van der Waals surface area contributed by atoms with Gasteiger partial charge in [-0.2, -0.15) is 0 Å². The van der Waals surface area contributed by atoms with Crippen molar-refractivity contribution in [1.82, 2.24) is 42.5 Å². The van der Waals surface area contributed by atoms with Gasteiger partial charge in [0, 0.05) is 38.3 Å². The molecule has 0 saturated carbocycles. The summed E-state index contributed by atoms with van der Waals surface area (Å²) in [5.41, 5.74) is 27.7. The normalized spacial score (nSPS) is 26.6. The van der Waals surface area contributed by atoms with Crippen molar-refractivity contribution < 1.29 is 33.6 Å². The largest absolute Gasteiger partial charge is 0.370 e. The monoisotopic (exact) mass is 652 g/mol. The van der Waals surface area contributed by atoms with E-state index in [0.29, 0.717) is 19.4 Å². The second kappa shape index (κ2) is 18.1. The number of guanidine groups is 1. The topological polar surface area (TPSA) is 358 Å². The van der Waals surface area contributed by atoms with Crippen LogP contribution in [0.15, 0.2) is 16.9 Å². The van der Waals surface area contributed by atoms with Crippen molar-refractivity contribution >= 4 is 47.4 Å². The van der Waals surface area contributed by atoms with Gasteiger partial charge in [0.05, 0.1) is 6.04 Å². The second-order valence-electron chi connectivity index (χ2n) is 10.7. The molecule has 0 bridgehead atoms. The second-order valence-corrected chi connectivity index (χ2v) is 10.7. The van der Waals surface area contributed by atoms with Crippen LogP contribution in [0.3, 0.4) is 0 Å². The maximum Gasteiger partial charge on any atom is 0.316 e. The molecule has 18 N–H and O–H groups in total. The zero-order valence-electron chi connectivity index (χ0n) is 25.4. The molecule has 2 unspecified atom stereocenters. The quantitative estimate of drug-likeness (QED) is 0.103. The summed E-state index contributed by atoms with van der Waals surface area (Å²) in [4.78, 5) is 93.7. The Balaban J connectivity index is 2.42.